The average Bonchev–Trinajstić information content (AvgIpc) is 2.89. The molecule has 1 amide bonds. The van der Waals surface area contributed by atoms with Crippen LogP contribution in [-0.4, -0.2) is 29.2 Å². The number of hydrogen-bond acceptors (Lipinski definition) is 4. The van der Waals surface area contributed by atoms with E-state index in [9.17, 15) is 4.79 Å². The van der Waals surface area contributed by atoms with Crippen LogP contribution in [0.1, 0.15) is 67.5 Å². The molecule has 1 heterocycles. The third-order valence-electron chi connectivity index (χ3n) is 6.03. The molecular weight excluding hydrogens is 338 g/mol. The van der Waals surface area contributed by atoms with Gasteiger partial charge in [0, 0.05) is 23.7 Å². The minimum atomic E-state index is -0.0787. The van der Waals surface area contributed by atoms with Gasteiger partial charge in [-0.1, -0.05) is 61.2 Å². The van der Waals surface area contributed by atoms with Crippen LogP contribution in [0.4, 0.5) is 0 Å². The molecule has 2 saturated carbocycles. The number of carbonyl (C=O) groups excluding carboxylic acids is 1. The zero-order chi connectivity index (χ0) is 18.6. The van der Waals surface area contributed by atoms with Crippen LogP contribution < -0.4 is 10.6 Å². The molecule has 0 saturated heterocycles. The molecular formula is C22H29N3O2. The molecule has 0 radical (unpaired) electrons. The van der Waals surface area contributed by atoms with Gasteiger partial charge in [0.05, 0.1) is 0 Å². The maximum absolute atomic E-state index is 13.0. The number of hydrogen-bond donors (Lipinski definition) is 2. The Morgan fingerprint density at radius 1 is 1.00 bits per heavy atom. The van der Waals surface area contributed by atoms with Gasteiger partial charge < -0.3 is 15.2 Å². The molecule has 5 heteroatoms. The fourth-order valence-electron chi connectivity index (χ4n) is 4.29. The quantitative estimate of drug-likeness (QED) is 0.777. The molecule has 5 nitrogen and oxygen atoms in total. The van der Waals surface area contributed by atoms with Gasteiger partial charge in [0.2, 0.25) is 0 Å². The topological polar surface area (TPSA) is 67.2 Å². The van der Waals surface area contributed by atoms with Gasteiger partial charge in [0.15, 0.2) is 0 Å². The lowest BCUT2D eigenvalue weighted by molar-refractivity contribution is 0.0886. The molecule has 2 aliphatic carbocycles. The Bertz CT molecular complexity index is 763. The lowest BCUT2D eigenvalue weighted by Gasteiger charge is -2.40. The number of aryl methyl sites for hydroxylation is 1. The highest BCUT2D eigenvalue weighted by atomic mass is 16.5. The van der Waals surface area contributed by atoms with Crippen LogP contribution in [0.15, 0.2) is 34.9 Å². The number of aromatic nitrogens is 1. The highest BCUT2D eigenvalue weighted by Gasteiger charge is 2.35. The summed E-state index contributed by atoms with van der Waals surface area (Å²) in [5, 5.41) is 11.2. The van der Waals surface area contributed by atoms with Gasteiger partial charge in [-0.15, -0.1) is 0 Å². The van der Waals surface area contributed by atoms with Crippen LogP contribution in [-0.2, 0) is 0 Å². The smallest absolute Gasteiger partial charge is 0.257 e. The highest BCUT2D eigenvalue weighted by molar-refractivity contribution is 6.01. The minimum absolute atomic E-state index is 0.0787. The number of rotatable bonds is 5. The van der Waals surface area contributed by atoms with Crippen molar-refractivity contribution in [3.05, 3.63) is 41.7 Å². The monoisotopic (exact) mass is 367 g/mol. The molecule has 1 aromatic heterocycles. The van der Waals surface area contributed by atoms with E-state index >= 15 is 0 Å². The molecule has 1 aromatic carbocycles. The van der Waals surface area contributed by atoms with Gasteiger partial charge in [0.1, 0.15) is 17.0 Å². The first-order valence-corrected chi connectivity index (χ1v) is 10.3. The van der Waals surface area contributed by atoms with Crippen LogP contribution in [0.2, 0.25) is 0 Å². The largest absolute Gasteiger partial charge is 0.360 e. The lowest BCUT2D eigenvalue weighted by atomic mass is 9.85. The molecule has 0 aliphatic heterocycles. The molecule has 27 heavy (non-hydrogen) atoms. The Hall–Kier alpha value is -2.14. The molecule has 2 N–H and O–H groups in total. The number of nitrogens with one attached hydrogen (secondary N) is 2. The SMILES string of the molecule is Cc1onc(-c2ccccc2)c1C(=O)N[C@H]1CC[C@H]1NC1CCCCCC1. The Morgan fingerprint density at radius 3 is 2.37 bits per heavy atom. The van der Waals surface area contributed by atoms with E-state index in [1.165, 1.54) is 38.5 Å². The van der Waals surface area contributed by atoms with Crippen molar-refractivity contribution < 1.29 is 9.32 Å². The van der Waals surface area contributed by atoms with Gasteiger partial charge in [-0.3, -0.25) is 4.79 Å². The van der Waals surface area contributed by atoms with Crippen molar-refractivity contribution in [2.24, 2.45) is 0 Å². The fourth-order valence-corrected chi connectivity index (χ4v) is 4.29. The van der Waals surface area contributed by atoms with Gasteiger partial charge in [-0.2, -0.15) is 0 Å². The first-order chi connectivity index (χ1) is 13.2. The highest BCUT2D eigenvalue weighted by Crippen LogP contribution is 2.28. The van der Waals surface area contributed by atoms with E-state index in [0.717, 1.165) is 18.4 Å². The van der Waals surface area contributed by atoms with Crippen molar-refractivity contribution in [3.63, 3.8) is 0 Å². The second-order valence-electron chi connectivity index (χ2n) is 7.95. The molecule has 2 aliphatic rings. The van der Waals surface area contributed by atoms with E-state index in [-0.39, 0.29) is 11.9 Å². The summed E-state index contributed by atoms with van der Waals surface area (Å²) >= 11 is 0. The summed E-state index contributed by atoms with van der Waals surface area (Å²) in [6.07, 6.45) is 10.1. The molecule has 144 valence electrons. The summed E-state index contributed by atoms with van der Waals surface area (Å²) in [4.78, 5) is 13.0. The first-order valence-electron chi connectivity index (χ1n) is 10.3. The van der Waals surface area contributed by atoms with Gasteiger partial charge in [-0.05, 0) is 32.6 Å². The van der Waals surface area contributed by atoms with E-state index < -0.39 is 0 Å². The molecule has 2 aromatic rings. The van der Waals surface area contributed by atoms with E-state index in [1.807, 2.05) is 30.3 Å². The number of benzene rings is 1. The zero-order valence-corrected chi connectivity index (χ0v) is 16.0. The summed E-state index contributed by atoms with van der Waals surface area (Å²) in [5.41, 5.74) is 2.08. The van der Waals surface area contributed by atoms with E-state index in [1.54, 1.807) is 6.92 Å². The van der Waals surface area contributed by atoms with Gasteiger partial charge in [-0.25, -0.2) is 0 Å². The van der Waals surface area contributed by atoms with Crippen molar-refractivity contribution in [2.45, 2.75) is 76.4 Å². The molecule has 0 bridgehead atoms. The average molecular weight is 367 g/mol. The van der Waals surface area contributed by atoms with Crippen LogP contribution in [0.5, 0.6) is 0 Å². The Balaban J connectivity index is 1.41. The van der Waals surface area contributed by atoms with E-state index in [0.29, 0.717) is 29.1 Å². The molecule has 0 unspecified atom stereocenters. The molecule has 0 spiro atoms. The van der Waals surface area contributed by atoms with Crippen LogP contribution in [0.3, 0.4) is 0 Å². The maximum atomic E-state index is 13.0. The number of carbonyl (C=O) groups is 1. The lowest BCUT2D eigenvalue weighted by Crippen LogP contribution is -2.59. The summed E-state index contributed by atoms with van der Waals surface area (Å²) in [7, 11) is 0. The van der Waals surface area contributed by atoms with E-state index in [2.05, 4.69) is 15.8 Å². The van der Waals surface area contributed by atoms with Crippen LogP contribution >= 0.6 is 0 Å². The maximum Gasteiger partial charge on any atom is 0.257 e. The van der Waals surface area contributed by atoms with E-state index in [4.69, 9.17) is 4.52 Å². The van der Waals surface area contributed by atoms with Crippen molar-refractivity contribution in [2.75, 3.05) is 0 Å². The van der Waals surface area contributed by atoms with Gasteiger partial charge >= 0.3 is 0 Å². The minimum Gasteiger partial charge on any atom is -0.360 e. The Labute approximate surface area is 160 Å². The predicted molar refractivity (Wildman–Crippen MR) is 106 cm³/mol. The normalized spacial score (nSPS) is 23.4. The van der Waals surface area contributed by atoms with Crippen LogP contribution in [0.25, 0.3) is 11.3 Å². The summed E-state index contributed by atoms with van der Waals surface area (Å²) in [6.45, 7) is 1.80. The molecule has 4 rings (SSSR count). The van der Waals surface area contributed by atoms with Crippen molar-refractivity contribution >= 4 is 5.91 Å². The number of nitrogens with zero attached hydrogens (tertiary/aromatic N) is 1. The third kappa shape index (κ3) is 4.08. The second kappa shape index (κ2) is 8.26. The zero-order valence-electron chi connectivity index (χ0n) is 16.0. The molecule has 2 atom stereocenters. The third-order valence-corrected chi connectivity index (χ3v) is 6.03. The molecule has 2 fully saturated rings. The summed E-state index contributed by atoms with van der Waals surface area (Å²) < 4.78 is 5.34. The summed E-state index contributed by atoms with van der Waals surface area (Å²) in [6, 6.07) is 10.9. The van der Waals surface area contributed by atoms with Gasteiger partial charge in [0.25, 0.3) is 5.91 Å². The first kappa shape index (κ1) is 18.2. The number of amides is 1. The van der Waals surface area contributed by atoms with Crippen molar-refractivity contribution in [1.29, 1.82) is 0 Å². The Morgan fingerprint density at radius 2 is 1.70 bits per heavy atom. The Kier molecular flexibility index (Phi) is 5.58. The summed E-state index contributed by atoms with van der Waals surface area (Å²) in [5.74, 6) is 0.490. The van der Waals surface area contributed by atoms with Crippen molar-refractivity contribution in [1.82, 2.24) is 15.8 Å². The second-order valence-corrected chi connectivity index (χ2v) is 7.95. The standard InChI is InChI=1S/C22H29N3O2/c1-15-20(21(25-27-15)16-9-5-4-6-10-16)22(26)24-19-14-13-18(19)23-17-11-7-2-3-8-12-17/h4-6,9-10,17-19,23H,2-3,7-8,11-14H2,1H3,(H,24,26)/t18-,19+/m1/s1. The fraction of sp³-hybridized carbons (Fsp3) is 0.545. The predicted octanol–water partition coefficient (Wildman–Crippen LogP) is 4.22. The van der Waals surface area contributed by atoms with Crippen LogP contribution in [0, 0.1) is 6.92 Å². The van der Waals surface area contributed by atoms with Crippen molar-refractivity contribution in [3.8, 4) is 11.3 Å².